The van der Waals surface area contributed by atoms with Gasteiger partial charge in [-0.1, -0.05) is 25.1 Å². The number of rotatable bonds is 7. The van der Waals surface area contributed by atoms with Gasteiger partial charge < -0.3 is 15.2 Å². The van der Waals surface area contributed by atoms with Crippen molar-refractivity contribution in [2.75, 3.05) is 7.11 Å². The number of nitrogens with one attached hydrogen (secondary N) is 1. The van der Waals surface area contributed by atoms with Gasteiger partial charge in [0.05, 0.1) is 12.0 Å². The fourth-order valence-electron chi connectivity index (χ4n) is 2.95. The minimum atomic E-state index is -0.703. The number of carbonyl (C=O) groups excluding carboxylic acids is 3. The van der Waals surface area contributed by atoms with Crippen LogP contribution >= 0.6 is 11.8 Å². The van der Waals surface area contributed by atoms with E-state index in [1.165, 1.54) is 7.11 Å². The molecule has 3 N–H and O–H groups in total. The molecule has 2 aromatic carbocycles. The average Bonchev–Trinajstić information content (AvgIpc) is 3.06. The number of nitrogens with two attached hydrogens (primary N) is 1. The zero-order valence-corrected chi connectivity index (χ0v) is 17.5. The molecule has 1 aliphatic rings. The number of benzene rings is 2. The predicted molar refractivity (Wildman–Crippen MR) is 115 cm³/mol. The van der Waals surface area contributed by atoms with Crippen LogP contribution in [0.5, 0.6) is 11.5 Å². The van der Waals surface area contributed by atoms with E-state index in [0.717, 1.165) is 34.9 Å². The van der Waals surface area contributed by atoms with Crippen LogP contribution in [-0.4, -0.2) is 30.3 Å². The summed E-state index contributed by atoms with van der Waals surface area (Å²) in [5.74, 6) is 0.534. The first-order chi connectivity index (χ1) is 14.4. The van der Waals surface area contributed by atoms with Gasteiger partial charge in [0.25, 0.3) is 11.1 Å². The van der Waals surface area contributed by atoms with Crippen LogP contribution in [-0.2, 0) is 27.2 Å². The van der Waals surface area contributed by atoms with E-state index in [0.29, 0.717) is 22.8 Å². The molecule has 1 fully saturated rings. The van der Waals surface area contributed by atoms with Crippen LogP contribution in [0.2, 0.25) is 0 Å². The zero-order chi connectivity index (χ0) is 21.7. The number of aryl methyl sites for hydroxylation is 1. The van der Waals surface area contributed by atoms with Crippen molar-refractivity contribution < 1.29 is 23.9 Å². The number of thioether (sulfide) groups is 1. The van der Waals surface area contributed by atoms with Gasteiger partial charge in [0.15, 0.2) is 0 Å². The lowest BCUT2D eigenvalue weighted by Gasteiger charge is -2.13. The summed E-state index contributed by atoms with van der Waals surface area (Å²) in [4.78, 5) is 34.8. The minimum absolute atomic E-state index is 0.363. The summed E-state index contributed by atoms with van der Waals surface area (Å²) in [6.07, 6.45) is 2.80. The molecule has 0 aromatic heterocycles. The molecule has 3 rings (SSSR count). The molecule has 1 heterocycles. The quantitative estimate of drug-likeness (QED) is 0.516. The third kappa shape index (κ3) is 5.28. The van der Waals surface area contributed by atoms with E-state index < -0.39 is 12.0 Å². The number of hydrogen-bond acceptors (Lipinski definition) is 7. The van der Waals surface area contributed by atoms with Gasteiger partial charge in [-0.05, 0) is 71.6 Å². The molecule has 2 amide bonds. The summed E-state index contributed by atoms with van der Waals surface area (Å²) < 4.78 is 10.7. The molecule has 2 aromatic rings. The Hall–Kier alpha value is -3.10. The van der Waals surface area contributed by atoms with Gasteiger partial charge in [-0.2, -0.15) is 0 Å². The van der Waals surface area contributed by atoms with Gasteiger partial charge in [-0.3, -0.25) is 19.7 Å². The van der Waals surface area contributed by atoms with Crippen molar-refractivity contribution in [2.24, 2.45) is 5.73 Å². The fraction of sp³-hybridized carbons (Fsp3) is 0.227. The Labute approximate surface area is 178 Å². The molecule has 0 saturated carbocycles. The maximum absolute atomic E-state index is 11.7. The molecule has 1 unspecified atom stereocenters. The van der Waals surface area contributed by atoms with Crippen LogP contribution in [0.4, 0.5) is 4.79 Å². The molecule has 1 aliphatic heterocycles. The highest BCUT2D eigenvalue weighted by molar-refractivity contribution is 8.18. The monoisotopic (exact) mass is 426 g/mol. The molecule has 0 aliphatic carbocycles. The SMILES string of the molecule is CCc1cc(C=C2SC(=O)NC2=O)ccc1Oc1ccc(CC(N)C(=O)OC)cc1. The highest BCUT2D eigenvalue weighted by atomic mass is 32.2. The lowest BCUT2D eigenvalue weighted by molar-refractivity contribution is -0.142. The van der Waals surface area contributed by atoms with Crippen molar-refractivity contribution >= 4 is 35.0 Å². The smallest absolute Gasteiger partial charge is 0.322 e. The minimum Gasteiger partial charge on any atom is -0.468 e. The second kappa shape index (κ2) is 9.60. The molecule has 156 valence electrons. The maximum Gasteiger partial charge on any atom is 0.322 e. The van der Waals surface area contributed by atoms with Gasteiger partial charge >= 0.3 is 5.97 Å². The van der Waals surface area contributed by atoms with Crippen LogP contribution in [0, 0.1) is 0 Å². The number of amides is 2. The predicted octanol–water partition coefficient (Wildman–Crippen LogP) is 3.41. The Kier molecular flexibility index (Phi) is 6.91. The molecule has 1 saturated heterocycles. The number of carbonyl (C=O) groups is 3. The number of hydrogen-bond donors (Lipinski definition) is 2. The van der Waals surface area contributed by atoms with Crippen molar-refractivity contribution in [1.82, 2.24) is 5.32 Å². The summed E-state index contributed by atoms with van der Waals surface area (Å²) >= 11 is 0.890. The first-order valence-electron chi connectivity index (χ1n) is 9.37. The molecule has 1 atom stereocenters. The lowest BCUT2D eigenvalue weighted by atomic mass is 10.1. The lowest BCUT2D eigenvalue weighted by Crippen LogP contribution is -2.33. The topological polar surface area (TPSA) is 108 Å². The number of methoxy groups -OCH3 is 1. The zero-order valence-electron chi connectivity index (χ0n) is 16.6. The number of esters is 1. The third-order valence-electron chi connectivity index (χ3n) is 4.52. The summed E-state index contributed by atoms with van der Waals surface area (Å²) in [6, 6.07) is 12.3. The number of imide groups is 1. The largest absolute Gasteiger partial charge is 0.468 e. The van der Waals surface area contributed by atoms with Crippen LogP contribution in [0.1, 0.15) is 23.6 Å². The standard InChI is InChI=1S/C22H22N2O5S/c1-3-15-10-14(12-19-20(25)24-22(27)30-19)6-9-18(15)29-16-7-4-13(5-8-16)11-17(23)21(26)28-2/h4-10,12,17H,3,11,23H2,1-2H3,(H,24,25,27). The highest BCUT2D eigenvalue weighted by Gasteiger charge is 2.25. The Morgan fingerprint density at radius 2 is 1.93 bits per heavy atom. The van der Waals surface area contributed by atoms with Gasteiger partial charge in [-0.25, -0.2) is 0 Å². The number of ether oxygens (including phenoxy) is 2. The second-order valence-electron chi connectivity index (χ2n) is 6.65. The molecule has 8 heteroatoms. The maximum atomic E-state index is 11.7. The van der Waals surface area contributed by atoms with E-state index in [-0.39, 0.29) is 11.1 Å². The first-order valence-corrected chi connectivity index (χ1v) is 10.2. The molecule has 30 heavy (non-hydrogen) atoms. The Morgan fingerprint density at radius 3 is 2.53 bits per heavy atom. The van der Waals surface area contributed by atoms with Crippen LogP contribution in [0.15, 0.2) is 47.4 Å². The van der Waals surface area contributed by atoms with Gasteiger partial charge in [0, 0.05) is 0 Å². The summed E-state index contributed by atoms with van der Waals surface area (Å²) in [5, 5.41) is 1.88. The molecule has 7 nitrogen and oxygen atoms in total. The van der Waals surface area contributed by atoms with E-state index in [2.05, 4.69) is 10.1 Å². The van der Waals surface area contributed by atoms with Crippen LogP contribution < -0.4 is 15.8 Å². The Morgan fingerprint density at radius 1 is 1.20 bits per heavy atom. The Balaban J connectivity index is 1.72. The van der Waals surface area contributed by atoms with Crippen molar-refractivity contribution in [1.29, 1.82) is 0 Å². The summed E-state index contributed by atoms with van der Waals surface area (Å²) in [6.45, 7) is 2.01. The molecule has 0 radical (unpaired) electrons. The van der Waals surface area contributed by atoms with E-state index in [1.54, 1.807) is 6.08 Å². The van der Waals surface area contributed by atoms with Crippen molar-refractivity contribution in [3.8, 4) is 11.5 Å². The highest BCUT2D eigenvalue weighted by Crippen LogP contribution is 2.30. The fourth-order valence-corrected chi connectivity index (χ4v) is 3.63. The normalized spacial score (nSPS) is 15.8. The van der Waals surface area contributed by atoms with E-state index in [4.69, 9.17) is 10.5 Å². The molecule has 0 spiro atoms. The third-order valence-corrected chi connectivity index (χ3v) is 5.33. The molecular formula is C22H22N2O5S. The van der Waals surface area contributed by atoms with Crippen molar-refractivity contribution in [3.05, 3.63) is 64.1 Å². The summed E-state index contributed by atoms with van der Waals surface area (Å²) in [5.41, 5.74) is 8.48. The van der Waals surface area contributed by atoms with Gasteiger partial charge in [-0.15, -0.1) is 0 Å². The second-order valence-corrected chi connectivity index (χ2v) is 7.67. The van der Waals surface area contributed by atoms with E-state index in [9.17, 15) is 14.4 Å². The first kappa shape index (κ1) is 21.6. The molecule has 0 bridgehead atoms. The summed E-state index contributed by atoms with van der Waals surface area (Å²) in [7, 11) is 1.31. The van der Waals surface area contributed by atoms with Crippen LogP contribution in [0.3, 0.4) is 0 Å². The average molecular weight is 426 g/mol. The van der Waals surface area contributed by atoms with Crippen LogP contribution in [0.25, 0.3) is 6.08 Å². The van der Waals surface area contributed by atoms with E-state index in [1.807, 2.05) is 49.4 Å². The van der Waals surface area contributed by atoms with E-state index >= 15 is 0 Å². The Bertz CT molecular complexity index is 1000. The van der Waals surface area contributed by atoms with Gasteiger partial charge in [0.2, 0.25) is 0 Å². The van der Waals surface area contributed by atoms with Gasteiger partial charge in [0.1, 0.15) is 17.5 Å². The van der Waals surface area contributed by atoms with Crippen molar-refractivity contribution in [2.45, 2.75) is 25.8 Å². The van der Waals surface area contributed by atoms with Crippen molar-refractivity contribution in [3.63, 3.8) is 0 Å². The molecular weight excluding hydrogens is 404 g/mol.